The van der Waals surface area contributed by atoms with Gasteiger partial charge in [-0.05, 0) is 12.8 Å². The first-order valence-corrected chi connectivity index (χ1v) is 6.65. The van der Waals surface area contributed by atoms with Crippen molar-refractivity contribution >= 4 is 22.3 Å². The molecule has 0 atom stereocenters. The van der Waals surface area contributed by atoms with Gasteiger partial charge < -0.3 is 5.11 Å². The summed E-state index contributed by atoms with van der Waals surface area (Å²) >= 11 is 1.18. The van der Waals surface area contributed by atoms with Crippen LogP contribution in [0, 0.1) is 0 Å². The van der Waals surface area contributed by atoms with Crippen LogP contribution in [0.15, 0.2) is 6.20 Å². The first-order valence-electron chi connectivity index (χ1n) is 5.83. The van der Waals surface area contributed by atoms with Crippen molar-refractivity contribution in [2.45, 2.75) is 38.0 Å². The highest BCUT2D eigenvalue weighted by molar-refractivity contribution is 7.18. The van der Waals surface area contributed by atoms with E-state index in [1.807, 2.05) is 4.40 Å². The molecule has 0 unspecified atom stereocenters. The van der Waals surface area contributed by atoms with Crippen LogP contribution in [0.4, 0.5) is 0 Å². The van der Waals surface area contributed by atoms with Gasteiger partial charge in [-0.2, -0.15) is 0 Å². The van der Waals surface area contributed by atoms with Crippen LogP contribution in [0.25, 0.3) is 4.96 Å². The van der Waals surface area contributed by atoms with Gasteiger partial charge in [0.25, 0.3) is 0 Å². The zero-order chi connectivity index (χ0) is 11.8. The van der Waals surface area contributed by atoms with Crippen molar-refractivity contribution in [3.8, 4) is 0 Å². The Bertz CT molecular complexity index is 554. The fourth-order valence-electron chi connectivity index (χ4n) is 2.46. The van der Waals surface area contributed by atoms with Gasteiger partial charge in [0.05, 0.1) is 0 Å². The predicted octanol–water partition coefficient (Wildman–Crippen LogP) is 2.54. The molecule has 2 heterocycles. The molecule has 2 aromatic heterocycles. The fraction of sp³-hybridized carbons (Fsp3) is 0.545. The molecule has 2 aromatic rings. The van der Waals surface area contributed by atoms with Crippen molar-refractivity contribution in [3.05, 3.63) is 16.9 Å². The maximum absolute atomic E-state index is 10.9. The number of fused-ring (bicyclic) bond motifs is 1. The molecule has 5 nitrogen and oxygen atoms in total. The molecular weight excluding hydrogens is 238 g/mol. The maximum Gasteiger partial charge on any atom is 0.347 e. The Kier molecular flexibility index (Phi) is 2.58. The number of carboxylic acid groups (broad SMARTS) is 1. The summed E-state index contributed by atoms with van der Waals surface area (Å²) in [6.45, 7) is 0. The number of aromatic nitrogens is 3. The van der Waals surface area contributed by atoms with Gasteiger partial charge in [-0.25, -0.2) is 4.79 Å². The van der Waals surface area contributed by atoms with Crippen molar-refractivity contribution in [1.82, 2.24) is 14.6 Å². The molecule has 0 radical (unpaired) electrons. The SMILES string of the molecule is O=C(O)c1cn2c(C3CCCCC3)nnc2s1. The van der Waals surface area contributed by atoms with Crippen LogP contribution in [0.3, 0.4) is 0 Å². The third-order valence-electron chi connectivity index (χ3n) is 3.32. The first-order chi connectivity index (χ1) is 8.25. The average molecular weight is 251 g/mol. The van der Waals surface area contributed by atoms with E-state index in [0.29, 0.717) is 15.8 Å². The van der Waals surface area contributed by atoms with Crippen LogP contribution >= 0.6 is 11.3 Å². The minimum atomic E-state index is -0.893. The Morgan fingerprint density at radius 1 is 1.35 bits per heavy atom. The molecule has 17 heavy (non-hydrogen) atoms. The van der Waals surface area contributed by atoms with E-state index in [4.69, 9.17) is 5.11 Å². The molecule has 1 fully saturated rings. The van der Waals surface area contributed by atoms with E-state index >= 15 is 0 Å². The Morgan fingerprint density at radius 2 is 2.12 bits per heavy atom. The molecule has 90 valence electrons. The summed E-state index contributed by atoms with van der Waals surface area (Å²) in [6.07, 6.45) is 7.68. The summed E-state index contributed by atoms with van der Waals surface area (Å²) < 4.78 is 1.85. The largest absolute Gasteiger partial charge is 0.477 e. The fourth-order valence-corrected chi connectivity index (χ4v) is 3.23. The van der Waals surface area contributed by atoms with Crippen molar-refractivity contribution in [3.63, 3.8) is 0 Å². The van der Waals surface area contributed by atoms with E-state index in [-0.39, 0.29) is 0 Å². The minimum absolute atomic E-state index is 0.326. The van der Waals surface area contributed by atoms with Gasteiger partial charge in [0.15, 0.2) is 0 Å². The van der Waals surface area contributed by atoms with E-state index in [9.17, 15) is 4.79 Å². The van der Waals surface area contributed by atoms with E-state index in [1.54, 1.807) is 6.20 Å². The van der Waals surface area contributed by atoms with Gasteiger partial charge in [-0.1, -0.05) is 30.6 Å². The number of carbonyl (C=O) groups is 1. The van der Waals surface area contributed by atoms with Crippen molar-refractivity contribution in [2.24, 2.45) is 0 Å². The van der Waals surface area contributed by atoms with Crippen LogP contribution in [0.2, 0.25) is 0 Å². The number of aromatic carboxylic acids is 1. The summed E-state index contributed by atoms with van der Waals surface area (Å²) in [5.41, 5.74) is 0. The highest BCUT2D eigenvalue weighted by Crippen LogP contribution is 2.32. The smallest absolute Gasteiger partial charge is 0.347 e. The van der Waals surface area contributed by atoms with E-state index < -0.39 is 5.97 Å². The number of thiazole rings is 1. The number of carboxylic acids is 1. The molecule has 1 aliphatic rings. The quantitative estimate of drug-likeness (QED) is 0.890. The van der Waals surface area contributed by atoms with Gasteiger partial charge in [0, 0.05) is 12.1 Å². The highest BCUT2D eigenvalue weighted by atomic mass is 32.1. The second kappa shape index (κ2) is 4.10. The molecule has 1 saturated carbocycles. The van der Waals surface area contributed by atoms with Gasteiger partial charge >= 0.3 is 5.97 Å². The van der Waals surface area contributed by atoms with Gasteiger partial charge in [-0.3, -0.25) is 4.40 Å². The molecule has 1 aliphatic carbocycles. The van der Waals surface area contributed by atoms with Crippen LogP contribution in [0.1, 0.15) is 53.5 Å². The Morgan fingerprint density at radius 3 is 2.82 bits per heavy atom. The second-order valence-corrected chi connectivity index (χ2v) is 5.46. The molecular formula is C11H13N3O2S. The first kappa shape index (κ1) is 10.7. The Hall–Kier alpha value is -1.43. The van der Waals surface area contributed by atoms with Gasteiger partial charge in [0.2, 0.25) is 4.96 Å². The van der Waals surface area contributed by atoms with Gasteiger partial charge in [0.1, 0.15) is 10.7 Å². The number of rotatable bonds is 2. The van der Waals surface area contributed by atoms with E-state index in [0.717, 1.165) is 18.7 Å². The lowest BCUT2D eigenvalue weighted by Crippen LogP contribution is -2.08. The third kappa shape index (κ3) is 1.82. The molecule has 1 N–H and O–H groups in total. The lowest BCUT2D eigenvalue weighted by atomic mass is 9.89. The van der Waals surface area contributed by atoms with Crippen molar-refractivity contribution in [1.29, 1.82) is 0 Å². The zero-order valence-electron chi connectivity index (χ0n) is 9.30. The van der Waals surface area contributed by atoms with Crippen LogP contribution in [0.5, 0.6) is 0 Å². The predicted molar refractivity (Wildman–Crippen MR) is 63.6 cm³/mol. The normalized spacial score (nSPS) is 17.6. The topological polar surface area (TPSA) is 67.5 Å². The highest BCUT2D eigenvalue weighted by Gasteiger charge is 2.22. The summed E-state index contributed by atoms with van der Waals surface area (Å²) in [4.78, 5) is 11.9. The van der Waals surface area contributed by atoms with E-state index in [1.165, 1.54) is 30.6 Å². The number of nitrogens with zero attached hydrogens (tertiary/aromatic N) is 3. The zero-order valence-corrected chi connectivity index (χ0v) is 10.1. The molecule has 0 aromatic carbocycles. The third-order valence-corrected chi connectivity index (χ3v) is 4.28. The van der Waals surface area contributed by atoms with Crippen molar-refractivity contribution < 1.29 is 9.90 Å². The van der Waals surface area contributed by atoms with Gasteiger partial charge in [-0.15, -0.1) is 10.2 Å². The lowest BCUT2D eigenvalue weighted by Gasteiger charge is -2.19. The second-order valence-electron chi connectivity index (χ2n) is 4.45. The molecule has 3 rings (SSSR count). The molecule has 6 heteroatoms. The molecule has 0 aliphatic heterocycles. The molecule has 0 saturated heterocycles. The number of hydrogen-bond donors (Lipinski definition) is 1. The van der Waals surface area contributed by atoms with E-state index in [2.05, 4.69) is 10.2 Å². The number of hydrogen-bond acceptors (Lipinski definition) is 4. The monoisotopic (exact) mass is 251 g/mol. The van der Waals surface area contributed by atoms with Crippen LogP contribution < -0.4 is 0 Å². The summed E-state index contributed by atoms with van der Waals surface area (Å²) in [7, 11) is 0. The molecule has 0 spiro atoms. The lowest BCUT2D eigenvalue weighted by molar-refractivity contribution is 0.0701. The summed E-state index contributed by atoms with van der Waals surface area (Å²) in [5, 5.41) is 17.2. The average Bonchev–Trinajstić information content (AvgIpc) is 2.89. The molecule has 0 amide bonds. The summed E-state index contributed by atoms with van der Waals surface area (Å²) in [6, 6.07) is 0. The van der Waals surface area contributed by atoms with Crippen LogP contribution in [-0.4, -0.2) is 25.7 Å². The Balaban J connectivity index is 2.00. The molecule has 0 bridgehead atoms. The summed E-state index contributed by atoms with van der Waals surface area (Å²) in [5.74, 6) is 0.480. The van der Waals surface area contributed by atoms with Crippen molar-refractivity contribution in [2.75, 3.05) is 0 Å². The standard InChI is InChI=1S/C11H13N3O2S/c15-10(16)8-6-14-9(12-13-11(14)17-8)7-4-2-1-3-5-7/h6-7H,1-5H2,(H,15,16). The van der Waals surface area contributed by atoms with Crippen LogP contribution in [-0.2, 0) is 0 Å². The Labute approximate surface area is 102 Å². The maximum atomic E-state index is 10.9. The minimum Gasteiger partial charge on any atom is -0.477 e.